The van der Waals surface area contributed by atoms with Crippen molar-refractivity contribution in [3.05, 3.63) is 52.7 Å². The number of hydrogen-bond acceptors (Lipinski definition) is 3. The zero-order valence-corrected chi connectivity index (χ0v) is 10.2. The number of nitrogens with zero attached hydrogens (tertiary/aromatic N) is 1. The van der Waals surface area contributed by atoms with E-state index in [4.69, 9.17) is 22.1 Å². The Morgan fingerprint density at radius 3 is 2.88 bits per heavy atom. The minimum Gasteiger partial charge on any atom is -0.487 e. The average Bonchev–Trinajstić information content (AvgIpc) is 2.30. The molecule has 2 aromatic rings. The molecular formula is C13H13ClN2O. The van der Waals surface area contributed by atoms with Crippen LogP contribution >= 0.6 is 11.6 Å². The summed E-state index contributed by atoms with van der Waals surface area (Å²) in [7, 11) is 0. The molecule has 2 N–H and O–H groups in total. The number of nitrogens with two attached hydrogens (primary N) is 1. The van der Waals surface area contributed by atoms with E-state index in [1.165, 1.54) is 0 Å². The highest BCUT2D eigenvalue weighted by atomic mass is 35.5. The molecule has 3 nitrogen and oxygen atoms in total. The number of halogens is 1. The predicted octanol–water partition coefficient (Wildman–Crippen LogP) is 3.20. The lowest BCUT2D eigenvalue weighted by molar-refractivity contribution is 0.306. The summed E-state index contributed by atoms with van der Waals surface area (Å²) in [5.41, 5.74) is 7.67. The molecule has 0 aliphatic heterocycles. The Morgan fingerprint density at radius 2 is 2.18 bits per heavy atom. The second kappa shape index (κ2) is 5.06. The second-order valence-electron chi connectivity index (χ2n) is 3.77. The van der Waals surface area contributed by atoms with Crippen LogP contribution in [0, 0.1) is 6.92 Å². The number of rotatable bonds is 3. The van der Waals surface area contributed by atoms with Crippen LogP contribution in [0.15, 0.2) is 36.5 Å². The Bertz CT molecular complexity index is 529. The van der Waals surface area contributed by atoms with Crippen LogP contribution in [0.2, 0.25) is 5.02 Å². The average molecular weight is 249 g/mol. The van der Waals surface area contributed by atoms with E-state index in [2.05, 4.69) is 4.98 Å². The molecule has 2 rings (SSSR count). The van der Waals surface area contributed by atoms with Gasteiger partial charge in [0.15, 0.2) is 0 Å². The first-order valence-corrected chi connectivity index (χ1v) is 5.63. The highest BCUT2D eigenvalue weighted by molar-refractivity contribution is 6.32. The monoisotopic (exact) mass is 248 g/mol. The molecule has 0 spiro atoms. The number of ether oxygens (including phenoxy) is 1. The fraction of sp³-hybridized carbons (Fsp3) is 0.154. The van der Waals surface area contributed by atoms with Crippen molar-refractivity contribution in [3.63, 3.8) is 0 Å². The predicted molar refractivity (Wildman–Crippen MR) is 69.2 cm³/mol. The lowest BCUT2D eigenvalue weighted by Gasteiger charge is -2.09. The fourth-order valence-corrected chi connectivity index (χ4v) is 1.74. The third-order valence-corrected chi connectivity index (χ3v) is 2.69. The molecule has 0 radical (unpaired) electrons. The SMILES string of the molecule is Cc1ccc(OCc2cccnc2N)c(Cl)c1. The Morgan fingerprint density at radius 1 is 1.35 bits per heavy atom. The Hall–Kier alpha value is -1.74. The molecule has 0 saturated carbocycles. The quantitative estimate of drug-likeness (QED) is 0.907. The number of nitrogen functional groups attached to an aromatic ring is 1. The molecule has 4 heteroatoms. The maximum atomic E-state index is 6.06. The van der Waals surface area contributed by atoms with Gasteiger partial charge in [0.1, 0.15) is 18.2 Å². The van der Waals surface area contributed by atoms with E-state index in [0.717, 1.165) is 11.1 Å². The minimum absolute atomic E-state index is 0.364. The third kappa shape index (κ3) is 2.88. The van der Waals surface area contributed by atoms with Crippen LogP contribution < -0.4 is 10.5 Å². The zero-order chi connectivity index (χ0) is 12.3. The molecular weight excluding hydrogens is 236 g/mol. The molecule has 0 unspecified atom stereocenters. The van der Waals surface area contributed by atoms with E-state index in [0.29, 0.717) is 23.2 Å². The van der Waals surface area contributed by atoms with Crippen molar-refractivity contribution < 1.29 is 4.74 Å². The van der Waals surface area contributed by atoms with Crippen LogP contribution in [0.25, 0.3) is 0 Å². The lowest BCUT2D eigenvalue weighted by Crippen LogP contribution is -2.02. The van der Waals surface area contributed by atoms with E-state index in [1.807, 2.05) is 37.3 Å². The third-order valence-electron chi connectivity index (χ3n) is 2.40. The van der Waals surface area contributed by atoms with Crippen LogP contribution in [0.4, 0.5) is 5.82 Å². The highest BCUT2D eigenvalue weighted by Crippen LogP contribution is 2.26. The summed E-state index contributed by atoms with van der Waals surface area (Å²) in [6.07, 6.45) is 1.65. The van der Waals surface area contributed by atoms with E-state index in [1.54, 1.807) is 6.20 Å². The highest BCUT2D eigenvalue weighted by Gasteiger charge is 2.04. The summed E-state index contributed by atoms with van der Waals surface area (Å²) in [6.45, 7) is 2.34. The largest absolute Gasteiger partial charge is 0.487 e. The number of anilines is 1. The summed E-state index contributed by atoms with van der Waals surface area (Å²) >= 11 is 6.06. The molecule has 0 atom stereocenters. The fourth-order valence-electron chi connectivity index (χ4n) is 1.45. The molecule has 0 fully saturated rings. The molecule has 0 aliphatic carbocycles. The van der Waals surface area contributed by atoms with Crippen molar-refractivity contribution in [1.82, 2.24) is 4.98 Å². The molecule has 1 aromatic heterocycles. The van der Waals surface area contributed by atoms with Gasteiger partial charge in [-0.2, -0.15) is 0 Å². The molecule has 88 valence electrons. The van der Waals surface area contributed by atoms with Crippen molar-refractivity contribution in [2.24, 2.45) is 0 Å². The van der Waals surface area contributed by atoms with Gasteiger partial charge in [0.05, 0.1) is 5.02 Å². The maximum Gasteiger partial charge on any atom is 0.138 e. The van der Waals surface area contributed by atoms with E-state index >= 15 is 0 Å². The van der Waals surface area contributed by atoms with Gasteiger partial charge in [-0.25, -0.2) is 4.98 Å². The van der Waals surface area contributed by atoms with E-state index in [-0.39, 0.29) is 0 Å². The lowest BCUT2D eigenvalue weighted by atomic mass is 10.2. The molecule has 0 amide bonds. The van der Waals surface area contributed by atoms with Gasteiger partial charge in [0.2, 0.25) is 0 Å². The smallest absolute Gasteiger partial charge is 0.138 e. The summed E-state index contributed by atoms with van der Waals surface area (Å²) in [5.74, 6) is 1.14. The summed E-state index contributed by atoms with van der Waals surface area (Å²) in [4.78, 5) is 3.99. The maximum absolute atomic E-state index is 6.06. The second-order valence-corrected chi connectivity index (χ2v) is 4.18. The van der Waals surface area contributed by atoms with Gasteiger partial charge in [-0.15, -0.1) is 0 Å². The van der Waals surface area contributed by atoms with Crippen LogP contribution in [-0.2, 0) is 6.61 Å². The van der Waals surface area contributed by atoms with Crippen LogP contribution in [0.3, 0.4) is 0 Å². The van der Waals surface area contributed by atoms with Gasteiger partial charge < -0.3 is 10.5 Å². The standard InChI is InChI=1S/C13H13ClN2O/c1-9-4-5-12(11(14)7-9)17-8-10-3-2-6-16-13(10)15/h2-7H,8H2,1H3,(H2,15,16). The van der Waals surface area contributed by atoms with Crippen molar-refractivity contribution in [3.8, 4) is 5.75 Å². The summed E-state index contributed by atoms with van der Waals surface area (Å²) in [6, 6.07) is 9.37. The Balaban J connectivity index is 2.10. The van der Waals surface area contributed by atoms with Gasteiger partial charge in [-0.05, 0) is 30.7 Å². The van der Waals surface area contributed by atoms with Gasteiger partial charge in [-0.3, -0.25) is 0 Å². The first kappa shape index (κ1) is 11.7. The first-order valence-electron chi connectivity index (χ1n) is 5.25. The molecule has 17 heavy (non-hydrogen) atoms. The van der Waals surface area contributed by atoms with Gasteiger partial charge >= 0.3 is 0 Å². The van der Waals surface area contributed by atoms with Crippen molar-refractivity contribution in [2.75, 3.05) is 5.73 Å². The van der Waals surface area contributed by atoms with Gasteiger partial charge in [0, 0.05) is 11.8 Å². The van der Waals surface area contributed by atoms with Gasteiger partial charge in [-0.1, -0.05) is 23.7 Å². The van der Waals surface area contributed by atoms with Crippen LogP contribution in [0.1, 0.15) is 11.1 Å². The van der Waals surface area contributed by atoms with Gasteiger partial charge in [0.25, 0.3) is 0 Å². The number of benzene rings is 1. The number of pyridine rings is 1. The molecule has 1 aromatic carbocycles. The summed E-state index contributed by atoms with van der Waals surface area (Å²) in [5, 5.41) is 0.604. The Kier molecular flexibility index (Phi) is 3.49. The molecule has 0 saturated heterocycles. The van der Waals surface area contributed by atoms with Crippen LogP contribution in [-0.4, -0.2) is 4.98 Å². The number of aryl methyl sites for hydroxylation is 1. The zero-order valence-electron chi connectivity index (χ0n) is 9.48. The Labute approximate surface area is 105 Å². The molecule has 0 bridgehead atoms. The first-order chi connectivity index (χ1) is 8.16. The molecule has 0 aliphatic rings. The normalized spacial score (nSPS) is 10.2. The van der Waals surface area contributed by atoms with Crippen LogP contribution in [0.5, 0.6) is 5.75 Å². The van der Waals surface area contributed by atoms with Crippen molar-refractivity contribution in [1.29, 1.82) is 0 Å². The van der Waals surface area contributed by atoms with E-state index < -0.39 is 0 Å². The van der Waals surface area contributed by atoms with E-state index in [9.17, 15) is 0 Å². The molecule has 1 heterocycles. The minimum atomic E-state index is 0.364. The van der Waals surface area contributed by atoms with Crippen molar-refractivity contribution >= 4 is 17.4 Å². The number of hydrogen-bond donors (Lipinski definition) is 1. The van der Waals surface area contributed by atoms with Crippen molar-refractivity contribution in [2.45, 2.75) is 13.5 Å². The number of aromatic nitrogens is 1. The topological polar surface area (TPSA) is 48.1 Å². The summed E-state index contributed by atoms with van der Waals surface area (Å²) < 4.78 is 5.61.